The molecule has 1 atom stereocenters. The largest absolute Gasteiger partial charge is 0.495 e. The lowest BCUT2D eigenvalue weighted by Crippen LogP contribution is -2.47. The lowest BCUT2D eigenvalue weighted by molar-refractivity contribution is -0.120. The third-order valence-electron chi connectivity index (χ3n) is 7.50. The molecule has 0 saturated carbocycles. The fraction of sp³-hybridized carbons (Fsp3) is 0.406. The molecule has 1 aliphatic heterocycles. The van der Waals surface area contributed by atoms with Crippen LogP contribution < -0.4 is 25.2 Å². The van der Waals surface area contributed by atoms with Crippen molar-refractivity contribution >= 4 is 28.9 Å². The lowest BCUT2D eigenvalue weighted by atomic mass is 9.98. The van der Waals surface area contributed by atoms with Crippen LogP contribution in [-0.4, -0.2) is 50.1 Å². The molecule has 0 bridgehead atoms. The van der Waals surface area contributed by atoms with Gasteiger partial charge in [-0.1, -0.05) is 44.9 Å². The van der Waals surface area contributed by atoms with Gasteiger partial charge in [0.25, 0.3) is 5.91 Å². The van der Waals surface area contributed by atoms with Gasteiger partial charge in [-0.3, -0.25) is 14.6 Å². The summed E-state index contributed by atoms with van der Waals surface area (Å²) in [6.45, 7) is 7.65. The zero-order valence-electron chi connectivity index (χ0n) is 23.9. The number of anilines is 3. The molecule has 3 aromatic rings. The van der Waals surface area contributed by atoms with E-state index in [0.29, 0.717) is 17.8 Å². The van der Waals surface area contributed by atoms with Crippen molar-refractivity contribution in [3.63, 3.8) is 0 Å². The minimum absolute atomic E-state index is 0.0100. The summed E-state index contributed by atoms with van der Waals surface area (Å²) in [5.74, 6) is 0.650. The van der Waals surface area contributed by atoms with Crippen molar-refractivity contribution in [2.45, 2.75) is 46.1 Å². The number of para-hydroxylation sites is 2. The second-order valence-corrected chi connectivity index (χ2v) is 10.2. The number of carbonyl (C=O) groups excluding carboxylic acids is 2. The van der Waals surface area contributed by atoms with Gasteiger partial charge in [-0.25, -0.2) is 0 Å². The van der Waals surface area contributed by atoms with Crippen molar-refractivity contribution in [1.82, 2.24) is 10.3 Å². The Kier molecular flexibility index (Phi) is 10.4. The van der Waals surface area contributed by atoms with Crippen LogP contribution in [0.3, 0.4) is 0 Å². The molecule has 2 heterocycles. The first-order valence-corrected chi connectivity index (χ1v) is 14.3. The molecule has 1 aromatic heterocycles. The van der Waals surface area contributed by atoms with Gasteiger partial charge in [0.1, 0.15) is 5.75 Å². The fourth-order valence-corrected chi connectivity index (χ4v) is 5.15. The molecule has 1 saturated heterocycles. The summed E-state index contributed by atoms with van der Waals surface area (Å²) >= 11 is 0. The summed E-state index contributed by atoms with van der Waals surface area (Å²) in [5.41, 5.74) is 4.05. The number of methoxy groups -OCH3 is 1. The van der Waals surface area contributed by atoms with Gasteiger partial charge in [-0.2, -0.15) is 0 Å². The van der Waals surface area contributed by atoms with E-state index in [0.717, 1.165) is 74.6 Å². The van der Waals surface area contributed by atoms with Crippen LogP contribution in [0.4, 0.5) is 17.1 Å². The Bertz CT molecular complexity index is 1260. The van der Waals surface area contributed by atoms with Gasteiger partial charge in [-0.05, 0) is 54.8 Å². The number of nitrogens with one attached hydrogen (secondary N) is 2. The van der Waals surface area contributed by atoms with E-state index < -0.39 is 0 Å². The molecule has 1 fully saturated rings. The van der Waals surface area contributed by atoms with Crippen molar-refractivity contribution in [3.8, 4) is 5.75 Å². The smallest absolute Gasteiger partial charge is 0.253 e. The van der Waals surface area contributed by atoms with Crippen molar-refractivity contribution in [3.05, 3.63) is 78.1 Å². The highest BCUT2D eigenvalue weighted by atomic mass is 16.5. The average molecular weight is 544 g/mol. The van der Waals surface area contributed by atoms with Crippen LogP contribution in [0, 0.1) is 5.92 Å². The van der Waals surface area contributed by atoms with E-state index in [1.807, 2.05) is 55.5 Å². The first-order chi connectivity index (χ1) is 19.5. The summed E-state index contributed by atoms with van der Waals surface area (Å²) < 4.78 is 5.57. The van der Waals surface area contributed by atoms with E-state index in [2.05, 4.69) is 38.4 Å². The van der Waals surface area contributed by atoms with Gasteiger partial charge in [0, 0.05) is 62.4 Å². The number of unbranched alkanes of at least 4 members (excludes halogenated alkanes) is 1. The number of piperazine rings is 1. The number of ether oxygens (including phenoxy) is 1. The predicted octanol–water partition coefficient (Wildman–Crippen LogP) is 5.50. The molecule has 8 nitrogen and oxygen atoms in total. The van der Waals surface area contributed by atoms with Crippen molar-refractivity contribution < 1.29 is 14.3 Å². The minimum Gasteiger partial charge on any atom is -0.495 e. The maximum atomic E-state index is 13.5. The molecule has 1 unspecified atom stereocenters. The van der Waals surface area contributed by atoms with E-state index in [-0.39, 0.29) is 17.7 Å². The second-order valence-electron chi connectivity index (χ2n) is 10.2. The van der Waals surface area contributed by atoms with Crippen molar-refractivity contribution in [2.75, 3.05) is 48.4 Å². The molecule has 0 spiro atoms. The first-order valence-electron chi connectivity index (χ1n) is 14.3. The second kappa shape index (κ2) is 14.4. The van der Waals surface area contributed by atoms with Gasteiger partial charge >= 0.3 is 0 Å². The van der Waals surface area contributed by atoms with Gasteiger partial charge in [0.2, 0.25) is 5.91 Å². The van der Waals surface area contributed by atoms with E-state index in [4.69, 9.17) is 4.74 Å². The maximum Gasteiger partial charge on any atom is 0.253 e. The van der Waals surface area contributed by atoms with Gasteiger partial charge < -0.3 is 25.2 Å². The Morgan fingerprint density at radius 1 is 0.975 bits per heavy atom. The minimum atomic E-state index is -0.180. The highest BCUT2D eigenvalue weighted by molar-refractivity contribution is 6.02. The Labute approximate surface area is 237 Å². The lowest BCUT2D eigenvalue weighted by Gasteiger charge is -2.38. The summed E-state index contributed by atoms with van der Waals surface area (Å²) in [7, 11) is 1.69. The molecule has 8 heteroatoms. The van der Waals surface area contributed by atoms with Crippen LogP contribution in [0.5, 0.6) is 5.75 Å². The van der Waals surface area contributed by atoms with Crippen LogP contribution in [0.15, 0.2) is 67.0 Å². The summed E-state index contributed by atoms with van der Waals surface area (Å²) in [4.78, 5) is 35.2. The van der Waals surface area contributed by atoms with Crippen LogP contribution >= 0.6 is 0 Å². The molecule has 2 amide bonds. The molecule has 212 valence electrons. The summed E-state index contributed by atoms with van der Waals surface area (Å²) in [5, 5.41) is 6.11. The van der Waals surface area contributed by atoms with Crippen LogP contribution in [-0.2, 0) is 11.3 Å². The first kappa shape index (κ1) is 28.9. The van der Waals surface area contributed by atoms with Crippen LogP contribution in [0.25, 0.3) is 0 Å². The zero-order valence-corrected chi connectivity index (χ0v) is 23.9. The highest BCUT2D eigenvalue weighted by Gasteiger charge is 2.24. The Hall–Kier alpha value is -4.07. The Morgan fingerprint density at radius 2 is 1.73 bits per heavy atom. The number of pyridine rings is 1. The number of carbonyl (C=O) groups is 2. The number of amides is 2. The standard InChI is InChI=1S/C32H41N5O3/c1-4-6-11-25(5-2)31(38)35-26-14-15-28(27(21-26)32(39)34-23-24-10-9-16-33-22-24)36-17-19-37(20-18-36)29-12-7-8-13-30(29)40-3/h7-10,12-16,21-22,25H,4-6,11,17-20,23H2,1-3H3,(H,34,39)(H,35,38). The van der Waals surface area contributed by atoms with Gasteiger partial charge in [-0.15, -0.1) is 0 Å². The molecule has 40 heavy (non-hydrogen) atoms. The quantitative estimate of drug-likeness (QED) is 0.314. The number of aromatic nitrogens is 1. The fourth-order valence-electron chi connectivity index (χ4n) is 5.15. The molecule has 2 aromatic carbocycles. The number of nitrogens with zero attached hydrogens (tertiary/aromatic N) is 3. The normalized spacial score (nSPS) is 14.0. The zero-order chi connectivity index (χ0) is 28.3. The Balaban J connectivity index is 1.53. The summed E-state index contributed by atoms with van der Waals surface area (Å²) in [6, 6.07) is 17.5. The molecule has 0 radical (unpaired) electrons. The third kappa shape index (κ3) is 7.31. The topological polar surface area (TPSA) is 86.8 Å². The van der Waals surface area contributed by atoms with Crippen molar-refractivity contribution in [2.24, 2.45) is 5.92 Å². The van der Waals surface area contributed by atoms with Gasteiger partial charge in [0.05, 0.1) is 18.4 Å². The maximum absolute atomic E-state index is 13.5. The Morgan fingerprint density at radius 3 is 2.40 bits per heavy atom. The SMILES string of the molecule is CCCCC(CC)C(=O)Nc1ccc(N2CCN(c3ccccc3OC)CC2)c(C(=O)NCc2cccnc2)c1. The van der Waals surface area contributed by atoms with Crippen LogP contribution in [0.2, 0.25) is 0 Å². The number of hydrogen-bond acceptors (Lipinski definition) is 6. The van der Waals surface area contributed by atoms with Crippen molar-refractivity contribution in [1.29, 1.82) is 0 Å². The average Bonchev–Trinajstić information content (AvgIpc) is 3.01. The molecule has 4 rings (SSSR count). The highest BCUT2D eigenvalue weighted by Crippen LogP contribution is 2.31. The summed E-state index contributed by atoms with van der Waals surface area (Å²) in [6.07, 6.45) is 7.20. The van der Waals surface area contributed by atoms with E-state index in [9.17, 15) is 9.59 Å². The number of rotatable bonds is 12. The van der Waals surface area contributed by atoms with Crippen LogP contribution in [0.1, 0.15) is 55.5 Å². The monoisotopic (exact) mass is 543 g/mol. The van der Waals surface area contributed by atoms with E-state index in [1.54, 1.807) is 19.5 Å². The number of hydrogen-bond donors (Lipinski definition) is 2. The van der Waals surface area contributed by atoms with Gasteiger partial charge in [0.15, 0.2) is 0 Å². The molecular formula is C32H41N5O3. The third-order valence-corrected chi connectivity index (χ3v) is 7.50. The molecule has 2 N–H and O–H groups in total. The van der Waals surface area contributed by atoms with E-state index >= 15 is 0 Å². The van der Waals surface area contributed by atoms with E-state index in [1.165, 1.54) is 0 Å². The molecular weight excluding hydrogens is 502 g/mol. The molecule has 0 aliphatic carbocycles. The predicted molar refractivity (Wildman–Crippen MR) is 161 cm³/mol. The molecule has 1 aliphatic rings. The number of benzene rings is 2.